The molecule has 0 amide bonds. The first-order chi connectivity index (χ1) is 6.81. The summed E-state index contributed by atoms with van der Waals surface area (Å²) < 4.78 is 0. The van der Waals surface area contributed by atoms with Gasteiger partial charge in [-0.1, -0.05) is 26.7 Å². The fraction of sp³-hybridized carbons (Fsp3) is 1.00. The van der Waals surface area contributed by atoms with Gasteiger partial charge in [0.1, 0.15) is 0 Å². The van der Waals surface area contributed by atoms with E-state index in [2.05, 4.69) is 19.2 Å². The van der Waals surface area contributed by atoms with E-state index in [0.717, 1.165) is 12.5 Å². The highest BCUT2D eigenvalue weighted by Crippen LogP contribution is 2.24. The largest absolute Gasteiger partial charge is 0.330 e. The lowest BCUT2D eigenvalue weighted by Gasteiger charge is -2.34. The molecule has 3 N–H and O–H groups in total. The number of nitrogens with two attached hydrogens (primary N) is 1. The maximum atomic E-state index is 5.81. The van der Waals surface area contributed by atoms with Gasteiger partial charge in [0.05, 0.1) is 0 Å². The molecule has 0 aliphatic heterocycles. The molecule has 14 heavy (non-hydrogen) atoms. The van der Waals surface area contributed by atoms with E-state index in [9.17, 15) is 0 Å². The lowest BCUT2D eigenvalue weighted by Crippen LogP contribution is -2.46. The SMILES string of the molecule is CCC(CC)NC1CCCCC1CN. The predicted molar refractivity (Wildman–Crippen MR) is 62.3 cm³/mol. The summed E-state index contributed by atoms with van der Waals surface area (Å²) in [4.78, 5) is 0. The zero-order valence-corrected chi connectivity index (χ0v) is 9.76. The molecule has 0 radical (unpaired) electrons. The number of hydrogen-bond acceptors (Lipinski definition) is 2. The van der Waals surface area contributed by atoms with Crippen LogP contribution in [0.5, 0.6) is 0 Å². The fourth-order valence-electron chi connectivity index (χ4n) is 2.54. The van der Waals surface area contributed by atoms with Crippen molar-refractivity contribution < 1.29 is 0 Å². The minimum absolute atomic E-state index is 0.693. The molecule has 1 fully saturated rings. The van der Waals surface area contributed by atoms with Gasteiger partial charge in [-0.2, -0.15) is 0 Å². The van der Waals surface area contributed by atoms with Gasteiger partial charge in [-0.3, -0.25) is 0 Å². The minimum atomic E-state index is 0.693. The molecule has 0 aromatic rings. The van der Waals surface area contributed by atoms with Crippen molar-refractivity contribution in [2.24, 2.45) is 11.7 Å². The van der Waals surface area contributed by atoms with E-state index < -0.39 is 0 Å². The molecule has 1 aliphatic carbocycles. The van der Waals surface area contributed by atoms with Crippen LogP contribution in [0, 0.1) is 5.92 Å². The second-order valence-electron chi connectivity index (χ2n) is 4.57. The normalized spacial score (nSPS) is 28.3. The van der Waals surface area contributed by atoms with Crippen LogP contribution in [0.15, 0.2) is 0 Å². The van der Waals surface area contributed by atoms with Crippen LogP contribution in [-0.4, -0.2) is 18.6 Å². The molecule has 1 rings (SSSR count). The van der Waals surface area contributed by atoms with E-state index in [1.165, 1.54) is 38.5 Å². The van der Waals surface area contributed by atoms with Gasteiger partial charge < -0.3 is 11.1 Å². The summed E-state index contributed by atoms with van der Waals surface area (Å²) in [6.07, 6.45) is 7.90. The molecular weight excluding hydrogens is 172 g/mol. The maximum absolute atomic E-state index is 5.81. The smallest absolute Gasteiger partial charge is 0.0110 e. The Balaban J connectivity index is 2.39. The van der Waals surface area contributed by atoms with E-state index in [1.807, 2.05) is 0 Å². The average molecular weight is 198 g/mol. The van der Waals surface area contributed by atoms with E-state index in [0.29, 0.717) is 12.1 Å². The highest BCUT2D eigenvalue weighted by atomic mass is 15.0. The van der Waals surface area contributed by atoms with Gasteiger partial charge in [0.2, 0.25) is 0 Å². The van der Waals surface area contributed by atoms with Crippen LogP contribution in [0.2, 0.25) is 0 Å². The van der Waals surface area contributed by atoms with Gasteiger partial charge in [-0.25, -0.2) is 0 Å². The first kappa shape index (κ1) is 12.0. The standard InChI is InChI=1S/C12H26N2/c1-3-11(4-2)14-12-8-6-5-7-10(12)9-13/h10-12,14H,3-9,13H2,1-2H3. The summed E-state index contributed by atoms with van der Waals surface area (Å²) in [7, 11) is 0. The van der Waals surface area contributed by atoms with Gasteiger partial charge in [0.15, 0.2) is 0 Å². The van der Waals surface area contributed by atoms with Crippen LogP contribution in [-0.2, 0) is 0 Å². The van der Waals surface area contributed by atoms with E-state index >= 15 is 0 Å². The number of hydrogen-bond donors (Lipinski definition) is 2. The third-order valence-electron chi connectivity index (χ3n) is 3.65. The van der Waals surface area contributed by atoms with Gasteiger partial charge in [-0.05, 0) is 38.1 Å². The Morgan fingerprint density at radius 3 is 2.43 bits per heavy atom. The average Bonchev–Trinajstić information content (AvgIpc) is 2.26. The molecule has 0 bridgehead atoms. The summed E-state index contributed by atoms with van der Waals surface area (Å²) in [5, 5.41) is 3.78. The van der Waals surface area contributed by atoms with E-state index in [-0.39, 0.29) is 0 Å². The highest BCUT2D eigenvalue weighted by Gasteiger charge is 2.24. The third kappa shape index (κ3) is 3.25. The van der Waals surface area contributed by atoms with Gasteiger partial charge in [0, 0.05) is 12.1 Å². The Morgan fingerprint density at radius 1 is 1.21 bits per heavy atom. The van der Waals surface area contributed by atoms with E-state index in [1.54, 1.807) is 0 Å². The molecule has 84 valence electrons. The molecule has 2 nitrogen and oxygen atoms in total. The fourth-order valence-corrected chi connectivity index (χ4v) is 2.54. The van der Waals surface area contributed by atoms with Crippen molar-refractivity contribution in [2.75, 3.05) is 6.54 Å². The molecule has 2 unspecified atom stereocenters. The number of nitrogens with one attached hydrogen (secondary N) is 1. The molecular formula is C12H26N2. The summed E-state index contributed by atoms with van der Waals surface area (Å²) in [6.45, 7) is 5.39. The Kier molecular flexibility index (Phi) is 5.49. The van der Waals surface area contributed by atoms with Gasteiger partial charge >= 0.3 is 0 Å². The lowest BCUT2D eigenvalue weighted by molar-refractivity contribution is 0.242. The summed E-state index contributed by atoms with van der Waals surface area (Å²) in [5.41, 5.74) is 5.81. The first-order valence-corrected chi connectivity index (χ1v) is 6.27. The van der Waals surface area contributed by atoms with E-state index in [4.69, 9.17) is 5.73 Å². The predicted octanol–water partition coefficient (Wildman–Crippen LogP) is 2.28. The molecule has 2 atom stereocenters. The van der Waals surface area contributed by atoms with Crippen molar-refractivity contribution in [2.45, 2.75) is 64.5 Å². The zero-order chi connectivity index (χ0) is 10.4. The van der Waals surface area contributed by atoms with Crippen molar-refractivity contribution in [3.63, 3.8) is 0 Å². The maximum Gasteiger partial charge on any atom is 0.0110 e. The molecule has 0 heterocycles. The molecule has 0 aromatic carbocycles. The van der Waals surface area contributed by atoms with Crippen molar-refractivity contribution in [1.82, 2.24) is 5.32 Å². The minimum Gasteiger partial charge on any atom is -0.330 e. The van der Waals surface area contributed by atoms with Gasteiger partial charge in [-0.15, -0.1) is 0 Å². The monoisotopic (exact) mass is 198 g/mol. The topological polar surface area (TPSA) is 38.0 Å². The third-order valence-corrected chi connectivity index (χ3v) is 3.65. The summed E-state index contributed by atoms with van der Waals surface area (Å²) in [5.74, 6) is 0.726. The number of rotatable bonds is 5. The van der Waals surface area contributed by atoms with Crippen molar-refractivity contribution in [3.8, 4) is 0 Å². The molecule has 0 spiro atoms. The van der Waals surface area contributed by atoms with Crippen LogP contribution in [0.3, 0.4) is 0 Å². The molecule has 1 saturated carbocycles. The second kappa shape index (κ2) is 6.41. The van der Waals surface area contributed by atoms with Gasteiger partial charge in [0.25, 0.3) is 0 Å². The van der Waals surface area contributed by atoms with Crippen LogP contribution < -0.4 is 11.1 Å². The Labute approximate surface area is 88.6 Å². The molecule has 0 saturated heterocycles. The van der Waals surface area contributed by atoms with Crippen molar-refractivity contribution in [3.05, 3.63) is 0 Å². The summed E-state index contributed by atoms with van der Waals surface area (Å²) >= 11 is 0. The lowest BCUT2D eigenvalue weighted by atomic mass is 9.84. The Morgan fingerprint density at radius 2 is 1.86 bits per heavy atom. The van der Waals surface area contributed by atoms with Crippen LogP contribution in [0.25, 0.3) is 0 Å². The van der Waals surface area contributed by atoms with Crippen LogP contribution >= 0.6 is 0 Å². The molecule has 1 aliphatic rings. The molecule has 2 heteroatoms. The van der Waals surface area contributed by atoms with Crippen molar-refractivity contribution >= 4 is 0 Å². The Bertz CT molecular complexity index is 143. The molecule has 0 aromatic heterocycles. The Hall–Kier alpha value is -0.0800. The second-order valence-corrected chi connectivity index (χ2v) is 4.57. The highest BCUT2D eigenvalue weighted by molar-refractivity contribution is 4.83. The quantitative estimate of drug-likeness (QED) is 0.711. The first-order valence-electron chi connectivity index (χ1n) is 6.27. The van der Waals surface area contributed by atoms with Crippen LogP contribution in [0.4, 0.5) is 0 Å². The zero-order valence-electron chi connectivity index (χ0n) is 9.76. The van der Waals surface area contributed by atoms with Crippen molar-refractivity contribution in [1.29, 1.82) is 0 Å². The summed E-state index contributed by atoms with van der Waals surface area (Å²) in [6, 6.07) is 1.39. The van der Waals surface area contributed by atoms with Crippen LogP contribution in [0.1, 0.15) is 52.4 Å².